The van der Waals surface area contributed by atoms with Crippen molar-refractivity contribution >= 4 is 72.2 Å². The summed E-state index contributed by atoms with van der Waals surface area (Å²) in [7, 11) is -3.70. The number of benzene rings is 1. The van der Waals surface area contributed by atoms with Crippen molar-refractivity contribution < 1.29 is 18.3 Å². The monoisotopic (exact) mass is 399 g/mol. The first-order chi connectivity index (χ1) is 9.63. The Morgan fingerprint density at radius 1 is 1.45 bits per heavy atom. The Balaban J connectivity index is 0.00000242. The molecule has 1 atom stereocenters. The van der Waals surface area contributed by atoms with Crippen LogP contribution in [0.15, 0.2) is 22.7 Å². The zero-order valence-corrected chi connectivity index (χ0v) is 14.7. The van der Waals surface area contributed by atoms with Gasteiger partial charge in [-0.3, -0.25) is 4.79 Å². The molecule has 2 aromatic rings. The van der Waals surface area contributed by atoms with E-state index in [0.717, 1.165) is 26.0 Å². The van der Waals surface area contributed by atoms with Gasteiger partial charge < -0.3 is 5.11 Å². The molecule has 0 radical (unpaired) electrons. The molecule has 1 aromatic heterocycles. The molecular formula is C13H15BrLiNO4S2. The summed E-state index contributed by atoms with van der Waals surface area (Å²) < 4.78 is 23.6. The quantitative estimate of drug-likeness (QED) is 0.779. The number of hydrogen-bond donors (Lipinski definition) is 1. The van der Waals surface area contributed by atoms with Gasteiger partial charge in [0.1, 0.15) is 0 Å². The number of hydrogen-bond acceptors (Lipinski definition) is 5. The minimum absolute atomic E-state index is 0. The van der Waals surface area contributed by atoms with E-state index in [4.69, 9.17) is 0 Å². The molecule has 0 saturated carbocycles. The Bertz CT molecular complexity index is 805. The van der Waals surface area contributed by atoms with Gasteiger partial charge in [-0.25, -0.2) is 13.4 Å². The van der Waals surface area contributed by atoms with Crippen LogP contribution in [-0.4, -0.2) is 54.3 Å². The standard InChI is InChI=1S/C13H14BrNO4S2.Li.H/c1-13(12(16)17,21(2,18)19)6-5-11-15-9-4-3-8(14)7-10(9)20-11;;/h3-4,7H,5-6H2,1-2H3,(H,16,17);;. The van der Waals surface area contributed by atoms with Crippen molar-refractivity contribution in [3.05, 3.63) is 27.7 Å². The van der Waals surface area contributed by atoms with E-state index in [9.17, 15) is 18.3 Å². The van der Waals surface area contributed by atoms with Gasteiger partial charge in [0.25, 0.3) is 0 Å². The molecule has 9 heteroatoms. The van der Waals surface area contributed by atoms with E-state index in [2.05, 4.69) is 20.9 Å². The van der Waals surface area contributed by atoms with Gasteiger partial charge in [-0.1, -0.05) is 15.9 Å². The van der Waals surface area contributed by atoms with Crippen LogP contribution in [0.25, 0.3) is 10.2 Å². The molecule has 5 nitrogen and oxygen atoms in total. The van der Waals surface area contributed by atoms with Crippen molar-refractivity contribution in [3.8, 4) is 0 Å². The summed E-state index contributed by atoms with van der Waals surface area (Å²) in [6.45, 7) is 1.24. The average Bonchev–Trinajstić information content (AvgIpc) is 2.76. The number of thiazole rings is 1. The third-order valence-electron chi connectivity index (χ3n) is 3.48. The maximum absolute atomic E-state index is 11.7. The number of aryl methyl sites for hydroxylation is 1. The molecule has 22 heavy (non-hydrogen) atoms. The SMILES string of the molecule is CC(CCc1nc2ccc(Br)cc2s1)(C(=O)O)S(C)(=O)=O.[LiH]. The average molecular weight is 400 g/mol. The molecule has 1 heterocycles. The third kappa shape index (κ3) is 3.92. The van der Waals surface area contributed by atoms with E-state index in [1.54, 1.807) is 0 Å². The number of fused-ring (bicyclic) bond motifs is 1. The summed E-state index contributed by atoms with van der Waals surface area (Å²) >= 11 is 4.83. The van der Waals surface area contributed by atoms with E-state index >= 15 is 0 Å². The molecule has 2 rings (SSSR count). The van der Waals surface area contributed by atoms with Crippen LogP contribution >= 0.6 is 27.3 Å². The second kappa shape index (κ2) is 7.01. The van der Waals surface area contributed by atoms with Gasteiger partial charge in [-0.05, 0) is 31.5 Å². The Morgan fingerprint density at radius 2 is 2.09 bits per heavy atom. The van der Waals surface area contributed by atoms with E-state index in [0.29, 0.717) is 6.42 Å². The maximum atomic E-state index is 11.7. The Hall–Kier alpha value is -0.393. The molecule has 1 aromatic carbocycles. The van der Waals surface area contributed by atoms with E-state index < -0.39 is 20.6 Å². The molecule has 0 aliphatic rings. The summed E-state index contributed by atoms with van der Waals surface area (Å²) in [6, 6.07) is 5.68. The van der Waals surface area contributed by atoms with Crippen LogP contribution in [-0.2, 0) is 21.1 Å². The Morgan fingerprint density at radius 3 is 2.64 bits per heavy atom. The van der Waals surface area contributed by atoms with Crippen LogP contribution in [0.5, 0.6) is 0 Å². The van der Waals surface area contributed by atoms with Gasteiger partial charge in [-0.2, -0.15) is 0 Å². The third-order valence-corrected chi connectivity index (χ3v) is 7.07. The van der Waals surface area contributed by atoms with Crippen molar-refractivity contribution in [2.75, 3.05) is 6.26 Å². The number of halogens is 1. The number of carboxylic acid groups (broad SMARTS) is 1. The first-order valence-corrected chi connectivity index (χ1v) is 9.61. The number of carboxylic acids is 1. The molecule has 0 bridgehead atoms. The second-order valence-electron chi connectivity index (χ2n) is 5.03. The zero-order valence-electron chi connectivity index (χ0n) is 11.5. The van der Waals surface area contributed by atoms with E-state index in [1.807, 2.05) is 18.2 Å². The molecule has 0 amide bonds. The molecule has 0 aliphatic heterocycles. The van der Waals surface area contributed by atoms with E-state index in [-0.39, 0.29) is 25.3 Å². The molecule has 0 spiro atoms. The Kier molecular flexibility index (Phi) is 6.27. The van der Waals surface area contributed by atoms with Gasteiger partial charge in [-0.15, -0.1) is 11.3 Å². The molecule has 0 fully saturated rings. The topological polar surface area (TPSA) is 84.3 Å². The summed E-state index contributed by atoms with van der Waals surface area (Å²) in [6.07, 6.45) is 1.27. The normalized spacial score (nSPS) is 14.3. The fourth-order valence-electron chi connectivity index (χ4n) is 1.85. The number of nitrogens with zero attached hydrogens (tertiary/aromatic N) is 1. The van der Waals surface area contributed by atoms with Gasteiger partial charge in [0.2, 0.25) is 0 Å². The first kappa shape index (κ1) is 19.7. The van der Waals surface area contributed by atoms with Crippen LogP contribution < -0.4 is 0 Å². The second-order valence-corrected chi connectivity index (χ2v) is 9.50. The van der Waals surface area contributed by atoms with Gasteiger partial charge >= 0.3 is 24.8 Å². The number of aliphatic carboxylic acids is 1. The number of sulfone groups is 1. The fraction of sp³-hybridized carbons (Fsp3) is 0.385. The minimum atomic E-state index is -3.70. The predicted molar refractivity (Wildman–Crippen MR) is 93.7 cm³/mol. The summed E-state index contributed by atoms with van der Waals surface area (Å²) in [4.78, 5) is 15.7. The molecule has 1 N–H and O–H groups in total. The van der Waals surface area contributed by atoms with Crippen LogP contribution in [0, 0.1) is 0 Å². The molecule has 116 valence electrons. The van der Waals surface area contributed by atoms with Crippen molar-refractivity contribution in [1.82, 2.24) is 4.98 Å². The van der Waals surface area contributed by atoms with Crippen molar-refractivity contribution in [2.24, 2.45) is 0 Å². The van der Waals surface area contributed by atoms with Crippen LogP contribution in [0.1, 0.15) is 18.4 Å². The van der Waals surface area contributed by atoms with Crippen LogP contribution in [0.3, 0.4) is 0 Å². The van der Waals surface area contributed by atoms with E-state index in [1.165, 1.54) is 18.3 Å². The molecular weight excluding hydrogens is 385 g/mol. The predicted octanol–water partition coefficient (Wildman–Crippen LogP) is 2.23. The molecule has 0 aliphatic carbocycles. The van der Waals surface area contributed by atoms with Gasteiger partial charge in [0.05, 0.1) is 15.2 Å². The van der Waals surface area contributed by atoms with Crippen molar-refractivity contribution in [3.63, 3.8) is 0 Å². The first-order valence-electron chi connectivity index (χ1n) is 6.11. The van der Waals surface area contributed by atoms with Crippen molar-refractivity contribution in [2.45, 2.75) is 24.5 Å². The van der Waals surface area contributed by atoms with Gasteiger partial charge in [0.15, 0.2) is 14.6 Å². The number of rotatable bonds is 5. The number of carbonyl (C=O) groups is 1. The van der Waals surface area contributed by atoms with Crippen LogP contribution in [0.4, 0.5) is 0 Å². The molecule has 1 unspecified atom stereocenters. The fourth-order valence-corrected chi connectivity index (χ4v) is 4.16. The zero-order chi connectivity index (χ0) is 15.8. The van der Waals surface area contributed by atoms with Gasteiger partial charge in [0, 0.05) is 17.1 Å². The Labute approximate surface area is 153 Å². The summed E-state index contributed by atoms with van der Waals surface area (Å²) in [5, 5.41) is 9.96. The summed E-state index contributed by atoms with van der Waals surface area (Å²) in [5.41, 5.74) is 0.828. The van der Waals surface area contributed by atoms with Crippen molar-refractivity contribution in [1.29, 1.82) is 0 Å². The molecule has 0 saturated heterocycles. The van der Waals surface area contributed by atoms with Crippen LogP contribution in [0.2, 0.25) is 0 Å². The number of aromatic nitrogens is 1. The summed E-state index contributed by atoms with van der Waals surface area (Å²) in [5.74, 6) is -1.33.